The summed E-state index contributed by atoms with van der Waals surface area (Å²) in [5.74, 6) is 0. The fourth-order valence-electron chi connectivity index (χ4n) is 0.663. The van der Waals surface area contributed by atoms with Crippen LogP contribution in [0.3, 0.4) is 0 Å². The van der Waals surface area contributed by atoms with E-state index in [-0.39, 0.29) is 0 Å². The Morgan fingerprint density at radius 1 is 1.25 bits per heavy atom. The lowest BCUT2D eigenvalue weighted by Crippen LogP contribution is -1.78. The molecule has 0 unspecified atom stereocenters. The number of hydrogen-bond donors (Lipinski definition) is 0. The molecule has 1 aromatic heterocycles. The van der Waals surface area contributed by atoms with Crippen LogP contribution in [0.2, 0.25) is 0 Å². The fourth-order valence-corrected chi connectivity index (χ4v) is 0.663. The van der Waals surface area contributed by atoms with Crippen molar-refractivity contribution in [2.45, 2.75) is 0 Å². The molecule has 0 aromatic carbocycles. The van der Waals surface area contributed by atoms with Gasteiger partial charge in [0.15, 0.2) is 0 Å². The summed E-state index contributed by atoms with van der Waals surface area (Å²) < 4.78 is 0. The predicted molar refractivity (Wildman–Crippen MR) is 46.3 cm³/mol. The molecule has 1 heterocycles. The van der Waals surface area contributed by atoms with Crippen molar-refractivity contribution in [3.63, 3.8) is 0 Å². The summed E-state index contributed by atoms with van der Waals surface area (Å²) in [6, 6.07) is 1.78. The summed E-state index contributed by atoms with van der Waals surface area (Å²) in [5, 5.41) is 0. The molecule has 0 N–H and O–H groups in total. The van der Waals surface area contributed by atoms with E-state index in [0.717, 1.165) is 12.0 Å². The molecule has 0 aliphatic carbocycles. The number of nitrogens with zero attached hydrogens (tertiary/aromatic N) is 2. The Hall–Kier alpha value is -1.77. The topological polar surface area (TPSA) is 42.9 Å². The van der Waals surface area contributed by atoms with Gasteiger partial charge in [0, 0.05) is 6.20 Å². The Kier molecular flexibility index (Phi) is 3.44. The highest BCUT2D eigenvalue weighted by atomic mass is 16.1. The number of carbonyl (C=O) groups excluding carboxylic acids is 1. The molecule has 1 aromatic rings. The molecule has 0 spiro atoms. The molecular weight excluding hydrogens is 152 g/mol. The first-order valence-corrected chi connectivity index (χ1v) is 3.48. The van der Waals surface area contributed by atoms with Gasteiger partial charge in [0.25, 0.3) is 0 Å². The van der Waals surface area contributed by atoms with Gasteiger partial charge >= 0.3 is 0 Å². The first kappa shape index (κ1) is 8.33. The fraction of sp³-hybridized carbons (Fsp3) is 0. The van der Waals surface area contributed by atoms with Gasteiger partial charge in [-0.05, 0) is 18.2 Å². The molecule has 0 saturated heterocycles. The van der Waals surface area contributed by atoms with Crippen LogP contribution in [0, 0.1) is 0 Å². The molecule has 0 fully saturated rings. The minimum Gasteiger partial charge on any atom is -0.299 e. The Labute approximate surface area is 70.5 Å². The van der Waals surface area contributed by atoms with E-state index in [2.05, 4.69) is 9.97 Å². The third kappa shape index (κ3) is 2.88. The van der Waals surface area contributed by atoms with E-state index in [0.29, 0.717) is 0 Å². The van der Waals surface area contributed by atoms with Crippen LogP contribution in [0.25, 0.3) is 6.08 Å². The van der Waals surface area contributed by atoms with Gasteiger partial charge in [-0.3, -0.25) is 4.79 Å². The van der Waals surface area contributed by atoms with Crippen molar-refractivity contribution in [2.24, 2.45) is 0 Å². The van der Waals surface area contributed by atoms with Gasteiger partial charge in [0.05, 0.1) is 5.69 Å². The van der Waals surface area contributed by atoms with Gasteiger partial charge in [0.2, 0.25) is 0 Å². The average Bonchev–Trinajstić information content (AvgIpc) is 2.14. The Morgan fingerprint density at radius 2 is 2.17 bits per heavy atom. The van der Waals surface area contributed by atoms with Crippen molar-refractivity contribution in [1.29, 1.82) is 0 Å². The van der Waals surface area contributed by atoms with Gasteiger partial charge in [-0.25, -0.2) is 9.97 Å². The van der Waals surface area contributed by atoms with Crippen molar-refractivity contribution in [1.82, 2.24) is 9.97 Å². The largest absolute Gasteiger partial charge is 0.299 e. The van der Waals surface area contributed by atoms with Crippen LogP contribution in [0.5, 0.6) is 0 Å². The van der Waals surface area contributed by atoms with Crippen molar-refractivity contribution in [3.05, 3.63) is 42.5 Å². The second-order valence-corrected chi connectivity index (χ2v) is 2.01. The minimum atomic E-state index is 0.727. The van der Waals surface area contributed by atoms with Gasteiger partial charge in [-0.2, -0.15) is 0 Å². The van der Waals surface area contributed by atoms with E-state index in [9.17, 15) is 4.79 Å². The van der Waals surface area contributed by atoms with Crippen LogP contribution in [0.4, 0.5) is 0 Å². The second-order valence-electron chi connectivity index (χ2n) is 2.01. The molecule has 3 nitrogen and oxygen atoms in total. The van der Waals surface area contributed by atoms with Gasteiger partial charge < -0.3 is 0 Å². The van der Waals surface area contributed by atoms with E-state index >= 15 is 0 Å². The van der Waals surface area contributed by atoms with E-state index in [1.165, 1.54) is 12.4 Å². The number of aromatic nitrogens is 2. The predicted octanol–water partition coefficient (Wildman–Crippen LogP) is 1.24. The van der Waals surface area contributed by atoms with Gasteiger partial charge in [-0.1, -0.05) is 12.2 Å². The van der Waals surface area contributed by atoms with Crippen LogP contribution < -0.4 is 0 Å². The molecule has 0 atom stereocenters. The van der Waals surface area contributed by atoms with Crippen LogP contribution >= 0.6 is 0 Å². The zero-order valence-electron chi connectivity index (χ0n) is 6.42. The molecule has 0 aliphatic rings. The molecule has 0 aliphatic heterocycles. The number of rotatable bonds is 3. The Balaban J connectivity index is 2.58. The highest BCUT2D eigenvalue weighted by molar-refractivity contribution is 5.66. The third-order valence-electron chi connectivity index (χ3n) is 1.17. The summed E-state index contributed by atoms with van der Waals surface area (Å²) >= 11 is 0. The van der Waals surface area contributed by atoms with Crippen LogP contribution in [-0.4, -0.2) is 16.3 Å². The van der Waals surface area contributed by atoms with E-state index in [1.807, 2.05) is 0 Å². The van der Waals surface area contributed by atoms with Crippen molar-refractivity contribution in [2.75, 3.05) is 0 Å². The average molecular weight is 160 g/mol. The second kappa shape index (κ2) is 4.96. The summed E-state index contributed by atoms with van der Waals surface area (Å²) in [7, 11) is 0. The molecule has 0 amide bonds. The zero-order chi connectivity index (χ0) is 8.65. The molecule has 1 rings (SSSR count). The maximum atomic E-state index is 9.87. The van der Waals surface area contributed by atoms with Crippen molar-refractivity contribution < 1.29 is 4.79 Å². The van der Waals surface area contributed by atoms with E-state index in [4.69, 9.17) is 0 Å². The lowest BCUT2D eigenvalue weighted by atomic mass is 10.3. The number of allylic oxidation sites excluding steroid dienone is 3. The van der Waals surface area contributed by atoms with E-state index in [1.54, 1.807) is 30.5 Å². The molecule has 0 saturated carbocycles. The lowest BCUT2D eigenvalue weighted by Gasteiger charge is -1.86. The van der Waals surface area contributed by atoms with Gasteiger partial charge in [0.1, 0.15) is 12.6 Å². The first-order valence-electron chi connectivity index (χ1n) is 3.48. The van der Waals surface area contributed by atoms with Gasteiger partial charge in [-0.15, -0.1) is 0 Å². The highest BCUT2D eigenvalue weighted by Crippen LogP contribution is 1.93. The molecule has 60 valence electrons. The molecular formula is C9H8N2O. The Bertz CT molecular complexity index is 291. The summed E-state index contributed by atoms with van der Waals surface area (Å²) in [5.41, 5.74) is 0.820. The smallest absolute Gasteiger partial charge is 0.142 e. The van der Waals surface area contributed by atoms with Crippen LogP contribution in [-0.2, 0) is 4.79 Å². The molecule has 0 radical (unpaired) electrons. The number of carbonyl (C=O) groups is 1. The summed E-state index contributed by atoms with van der Waals surface area (Å²) in [4.78, 5) is 17.6. The molecule has 12 heavy (non-hydrogen) atoms. The van der Waals surface area contributed by atoms with Crippen LogP contribution in [0.15, 0.2) is 36.8 Å². The van der Waals surface area contributed by atoms with Crippen molar-refractivity contribution in [3.8, 4) is 0 Å². The molecule has 0 bridgehead atoms. The monoisotopic (exact) mass is 160 g/mol. The lowest BCUT2D eigenvalue weighted by molar-refractivity contribution is -0.104. The van der Waals surface area contributed by atoms with Crippen LogP contribution in [0.1, 0.15) is 5.69 Å². The Morgan fingerprint density at radius 3 is 2.83 bits per heavy atom. The minimum absolute atomic E-state index is 0.727. The van der Waals surface area contributed by atoms with E-state index < -0.39 is 0 Å². The SMILES string of the molecule is O=C/C=C/C=C/c1ccncn1. The maximum absolute atomic E-state index is 9.87. The first-order chi connectivity index (χ1) is 5.93. The normalized spacial score (nSPS) is 11.0. The highest BCUT2D eigenvalue weighted by Gasteiger charge is 1.81. The summed E-state index contributed by atoms with van der Waals surface area (Å²) in [6.45, 7) is 0. The zero-order valence-corrected chi connectivity index (χ0v) is 6.42. The third-order valence-corrected chi connectivity index (χ3v) is 1.17. The number of hydrogen-bond acceptors (Lipinski definition) is 3. The maximum Gasteiger partial charge on any atom is 0.142 e. The number of aldehydes is 1. The van der Waals surface area contributed by atoms with Crippen molar-refractivity contribution >= 4 is 12.4 Å². The standard InChI is InChI=1S/C9H8N2O/c12-7-3-1-2-4-9-5-6-10-8-11-9/h1-8H/b3-1+,4-2+. The summed E-state index contributed by atoms with van der Waals surface area (Å²) in [6.07, 6.45) is 10.5. The molecule has 3 heteroatoms. The quantitative estimate of drug-likeness (QED) is 0.379.